The van der Waals surface area contributed by atoms with Crippen LogP contribution in [0.4, 0.5) is 4.39 Å². The summed E-state index contributed by atoms with van der Waals surface area (Å²) >= 11 is 5.79. The smallest absolute Gasteiger partial charge is 0.170 e. The number of ether oxygens (including phenoxy) is 1. The molecule has 0 fully saturated rings. The zero-order chi connectivity index (χ0) is 13.8. The van der Waals surface area contributed by atoms with Crippen LogP contribution in [0.1, 0.15) is 15.9 Å². The third kappa shape index (κ3) is 3.12. The maximum Gasteiger partial charge on any atom is 0.170 e. The van der Waals surface area contributed by atoms with Crippen LogP contribution in [-0.2, 0) is 6.42 Å². The minimum Gasteiger partial charge on any atom is -0.495 e. The van der Waals surface area contributed by atoms with Crippen molar-refractivity contribution in [2.45, 2.75) is 6.42 Å². The van der Waals surface area contributed by atoms with Gasteiger partial charge < -0.3 is 4.74 Å². The number of halogens is 2. The van der Waals surface area contributed by atoms with Crippen molar-refractivity contribution in [1.82, 2.24) is 0 Å². The van der Waals surface area contributed by atoms with Crippen LogP contribution in [0.5, 0.6) is 5.75 Å². The molecule has 0 atom stereocenters. The van der Waals surface area contributed by atoms with Gasteiger partial charge in [0.15, 0.2) is 5.78 Å². The molecule has 0 saturated carbocycles. The zero-order valence-electron chi connectivity index (χ0n) is 10.3. The van der Waals surface area contributed by atoms with E-state index in [1.54, 1.807) is 0 Å². The zero-order valence-corrected chi connectivity index (χ0v) is 11.1. The van der Waals surface area contributed by atoms with Gasteiger partial charge in [-0.1, -0.05) is 41.9 Å². The number of carbonyl (C=O) groups excluding carboxylic acids is 1. The first-order valence-corrected chi connectivity index (χ1v) is 6.09. The summed E-state index contributed by atoms with van der Waals surface area (Å²) in [6.07, 6.45) is 0.141. The Morgan fingerprint density at radius 2 is 1.95 bits per heavy atom. The van der Waals surface area contributed by atoms with Crippen LogP contribution in [0, 0.1) is 5.82 Å². The first-order valence-electron chi connectivity index (χ1n) is 5.72. The van der Waals surface area contributed by atoms with Gasteiger partial charge in [0.2, 0.25) is 0 Å². The second-order valence-electron chi connectivity index (χ2n) is 4.05. The fourth-order valence-corrected chi connectivity index (χ4v) is 2.00. The monoisotopic (exact) mass is 278 g/mol. The Hall–Kier alpha value is -1.87. The maximum atomic E-state index is 13.8. The summed E-state index contributed by atoms with van der Waals surface area (Å²) < 4.78 is 18.7. The van der Waals surface area contributed by atoms with Gasteiger partial charge in [-0.3, -0.25) is 4.79 Å². The van der Waals surface area contributed by atoms with Crippen LogP contribution < -0.4 is 4.74 Å². The molecule has 0 unspecified atom stereocenters. The molecule has 0 spiro atoms. The molecule has 0 heterocycles. The van der Waals surface area contributed by atoms with E-state index in [0.717, 1.165) is 11.6 Å². The van der Waals surface area contributed by atoms with Gasteiger partial charge in [-0.25, -0.2) is 4.39 Å². The van der Waals surface area contributed by atoms with Crippen molar-refractivity contribution in [2.24, 2.45) is 0 Å². The molecule has 19 heavy (non-hydrogen) atoms. The lowest BCUT2D eigenvalue weighted by molar-refractivity contribution is 0.0989. The third-order valence-electron chi connectivity index (χ3n) is 2.75. The molecule has 0 aliphatic carbocycles. The van der Waals surface area contributed by atoms with Crippen LogP contribution in [0.2, 0.25) is 5.02 Å². The second-order valence-corrected chi connectivity index (χ2v) is 4.46. The Morgan fingerprint density at radius 1 is 1.26 bits per heavy atom. The molecule has 0 N–H and O–H groups in total. The summed E-state index contributed by atoms with van der Waals surface area (Å²) in [6, 6.07) is 11.6. The van der Waals surface area contributed by atoms with Gasteiger partial charge in [0.1, 0.15) is 11.6 Å². The lowest BCUT2D eigenvalue weighted by atomic mass is 10.0. The molecule has 0 saturated heterocycles. The van der Waals surface area contributed by atoms with Gasteiger partial charge >= 0.3 is 0 Å². The molecule has 0 bridgehead atoms. The average molecular weight is 279 g/mol. The van der Waals surface area contributed by atoms with Crippen molar-refractivity contribution < 1.29 is 13.9 Å². The summed E-state index contributed by atoms with van der Waals surface area (Å²) in [5.74, 6) is -0.648. The van der Waals surface area contributed by atoms with Crippen molar-refractivity contribution in [3.63, 3.8) is 0 Å². The van der Waals surface area contributed by atoms with Crippen molar-refractivity contribution in [3.05, 3.63) is 64.4 Å². The van der Waals surface area contributed by atoms with Crippen LogP contribution >= 0.6 is 11.6 Å². The molecular formula is C15H12ClFO2. The van der Waals surface area contributed by atoms with Gasteiger partial charge in [-0.15, -0.1) is 0 Å². The number of hydrogen-bond acceptors (Lipinski definition) is 2. The number of carbonyl (C=O) groups is 1. The normalized spacial score (nSPS) is 10.3. The topological polar surface area (TPSA) is 26.3 Å². The molecule has 2 nitrogen and oxygen atoms in total. The van der Waals surface area contributed by atoms with Gasteiger partial charge in [-0.2, -0.15) is 0 Å². The summed E-state index contributed by atoms with van der Waals surface area (Å²) in [7, 11) is 1.42. The molecule has 0 aliphatic rings. The number of Topliss-reactive ketones (excluding diaryl/α,β-unsaturated/α-hetero) is 1. The number of ketones is 1. The van der Waals surface area contributed by atoms with Crippen LogP contribution in [0.3, 0.4) is 0 Å². The van der Waals surface area contributed by atoms with Gasteiger partial charge in [0.05, 0.1) is 17.7 Å². The van der Waals surface area contributed by atoms with Crippen LogP contribution in [-0.4, -0.2) is 12.9 Å². The molecule has 2 rings (SSSR count). The minimum atomic E-state index is -0.633. The van der Waals surface area contributed by atoms with Crippen molar-refractivity contribution in [1.29, 1.82) is 0 Å². The van der Waals surface area contributed by atoms with Crippen molar-refractivity contribution >= 4 is 17.4 Å². The fourth-order valence-electron chi connectivity index (χ4n) is 1.78. The Morgan fingerprint density at radius 3 is 2.58 bits per heavy atom. The lowest BCUT2D eigenvalue weighted by Crippen LogP contribution is -2.06. The highest BCUT2D eigenvalue weighted by Gasteiger charge is 2.16. The predicted molar refractivity (Wildman–Crippen MR) is 72.4 cm³/mol. The highest BCUT2D eigenvalue weighted by molar-refractivity contribution is 6.32. The summed E-state index contributed by atoms with van der Waals surface area (Å²) in [6.45, 7) is 0. The number of rotatable bonds is 4. The standard InChI is InChI=1S/C15H12ClFO2/c1-19-15-8-11(13(17)9-12(15)16)14(18)7-10-5-3-2-4-6-10/h2-6,8-9H,7H2,1H3. The van der Waals surface area contributed by atoms with Crippen molar-refractivity contribution in [3.8, 4) is 5.75 Å². The summed E-state index contributed by atoms with van der Waals surface area (Å²) in [5.41, 5.74) is 0.825. The van der Waals surface area contributed by atoms with Crippen molar-refractivity contribution in [2.75, 3.05) is 7.11 Å². The van der Waals surface area contributed by atoms with E-state index >= 15 is 0 Å². The summed E-state index contributed by atoms with van der Waals surface area (Å²) in [5, 5.41) is 0.149. The van der Waals surface area contributed by atoms with E-state index in [0.29, 0.717) is 5.75 Å². The van der Waals surface area contributed by atoms with Crippen LogP contribution in [0.15, 0.2) is 42.5 Å². The average Bonchev–Trinajstić information content (AvgIpc) is 2.40. The maximum absolute atomic E-state index is 13.8. The molecule has 0 amide bonds. The van der Waals surface area contributed by atoms with Gasteiger partial charge in [-0.05, 0) is 17.7 Å². The highest BCUT2D eigenvalue weighted by Crippen LogP contribution is 2.28. The SMILES string of the molecule is COc1cc(C(=O)Cc2ccccc2)c(F)cc1Cl. The Kier molecular flexibility index (Phi) is 4.17. The number of hydrogen-bond donors (Lipinski definition) is 0. The first-order chi connectivity index (χ1) is 9.11. The minimum absolute atomic E-state index is 0.00916. The molecule has 0 radical (unpaired) electrons. The lowest BCUT2D eigenvalue weighted by Gasteiger charge is -2.07. The van der Waals surface area contributed by atoms with Crippen LogP contribution in [0.25, 0.3) is 0 Å². The quantitative estimate of drug-likeness (QED) is 0.793. The fraction of sp³-hybridized carbons (Fsp3) is 0.133. The highest BCUT2D eigenvalue weighted by atomic mass is 35.5. The molecule has 2 aromatic carbocycles. The molecule has 0 aromatic heterocycles. The molecule has 0 aliphatic heterocycles. The predicted octanol–water partition coefficient (Wildman–Crippen LogP) is 3.91. The molecular weight excluding hydrogens is 267 g/mol. The molecule has 4 heteroatoms. The second kappa shape index (κ2) is 5.85. The molecule has 98 valence electrons. The first kappa shape index (κ1) is 13.6. The van der Waals surface area contributed by atoms with E-state index in [4.69, 9.17) is 16.3 Å². The number of benzene rings is 2. The number of methoxy groups -OCH3 is 1. The van der Waals surface area contributed by atoms with E-state index < -0.39 is 5.82 Å². The third-order valence-corrected chi connectivity index (χ3v) is 3.04. The Balaban J connectivity index is 2.29. The van der Waals surface area contributed by atoms with Gasteiger partial charge in [0, 0.05) is 6.42 Å². The molecule has 2 aromatic rings. The van der Waals surface area contributed by atoms with E-state index in [2.05, 4.69) is 0 Å². The van der Waals surface area contributed by atoms with E-state index in [1.807, 2.05) is 30.3 Å². The Bertz CT molecular complexity index is 597. The largest absolute Gasteiger partial charge is 0.495 e. The van der Waals surface area contributed by atoms with E-state index in [1.165, 1.54) is 13.2 Å². The Labute approximate surface area is 115 Å². The van der Waals surface area contributed by atoms with E-state index in [9.17, 15) is 9.18 Å². The summed E-state index contributed by atoms with van der Waals surface area (Å²) in [4.78, 5) is 12.1. The van der Waals surface area contributed by atoms with E-state index in [-0.39, 0.29) is 22.8 Å². The van der Waals surface area contributed by atoms with Gasteiger partial charge in [0.25, 0.3) is 0 Å².